The van der Waals surface area contributed by atoms with E-state index in [4.69, 9.17) is 27.9 Å². The topological polar surface area (TPSA) is 45.7 Å². The van der Waals surface area contributed by atoms with Crippen LogP contribution in [-0.2, 0) is 4.74 Å². The second-order valence-electron chi connectivity index (χ2n) is 6.26. The second kappa shape index (κ2) is 6.92. The Bertz CT molecular complexity index is 526. The van der Waals surface area contributed by atoms with Crippen LogP contribution in [0, 0.1) is 0 Å². The van der Waals surface area contributed by atoms with Crippen molar-refractivity contribution in [2.45, 2.75) is 32.8 Å². The second-order valence-corrected chi connectivity index (χ2v) is 7.07. The smallest absolute Gasteiger partial charge is 0.410 e. The third-order valence-corrected chi connectivity index (χ3v) is 3.85. The Morgan fingerprint density at radius 2 is 1.77 bits per heavy atom. The lowest BCUT2D eigenvalue weighted by Gasteiger charge is -2.27. The number of anilines is 1. The lowest BCUT2D eigenvalue weighted by Crippen LogP contribution is -2.39. The standard InChI is InChI=1S/C15H21Cl2N3O2/c1-15(2,3)22-14(21)20-6-4-5-19(7-8-20)13-11(16)9-18-10-12(13)17/h9-10H,4-8H2,1-3H3. The molecule has 0 aliphatic carbocycles. The fourth-order valence-corrected chi connectivity index (χ4v) is 2.96. The van der Waals surface area contributed by atoms with Crippen molar-refractivity contribution in [1.82, 2.24) is 9.88 Å². The van der Waals surface area contributed by atoms with Crippen LogP contribution < -0.4 is 4.90 Å². The first-order valence-electron chi connectivity index (χ1n) is 7.30. The maximum atomic E-state index is 12.2. The molecule has 1 aromatic rings. The van der Waals surface area contributed by atoms with Crippen LogP contribution in [0.2, 0.25) is 10.0 Å². The Morgan fingerprint density at radius 1 is 1.14 bits per heavy atom. The number of hydrogen-bond donors (Lipinski definition) is 0. The van der Waals surface area contributed by atoms with Gasteiger partial charge >= 0.3 is 6.09 Å². The Kier molecular flexibility index (Phi) is 5.40. The van der Waals surface area contributed by atoms with E-state index in [2.05, 4.69) is 9.88 Å². The summed E-state index contributed by atoms with van der Waals surface area (Å²) in [7, 11) is 0. The zero-order chi connectivity index (χ0) is 16.3. The van der Waals surface area contributed by atoms with Crippen LogP contribution in [0.3, 0.4) is 0 Å². The van der Waals surface area contributed by atoms with Crippen LogP contribution in [-0.4, -0.2) is 47.8 Å². The van der Waals surface area contributed by atoms with E-state index in [0.717, 1.165) is 18.7 Å². The minimum absolute atomic E-state index is 0.277. The molecule has 0 atom stereocenters. The van der Waals surface area contributed by atoms with Crippen LogP contribution in [0.15, 0.2) is 12.4 Å². The summed E-state index contributed by atoms with van der Waals surface area (Å²) in [5, 5.41) is 1.05. The maximum absolute atomic E-state index is 12.2. The molecule has 0 spiro atoms. The molecule has 2 heterocycles. The number of carbonyl (C=O) groups is 1. The van der Waals surface area contributed by atoms with Crippen LogP contribution >= 0.6 is 23.2 Å². The molecule has 2 rings (SSSR count). The number of amides is 1. The minimum atomic E-state index is -0.485. The van der Waals surface area contributed by atoms with Crippen molar-refractivity contribution in [2.24, 2.45) is 0 Å². The molecular weight excluding hydrogens is 325 g/mol. The largest absolute Gasteiger partial charge is 0.444 e. The molecule has 122 valence electrons. The summed E-state index contributed by atoms with van der Waals surface area (Å²) < 4.78 is 5.43. The van der Waals surface area contributed by atoms with Gasteiger partial charge in [0.05, 0.1) is 15.7 Å². The predicted octanol–water partition coefficient (Wildman–Crippen LogP) is 3.84. The normalized spacial score (nSPS) is 16.4. The summed E-state index contributed by atoms with van der Waals surface area (Å²) in [6.45, 7) is 8.27. The highest BCUT2D eigenvalue weighted by atomic mass is 35.5. The monoisotopic (exact) mass is 345 g/mol. The highest BCUT2D eigenvalue weighted by Crippen LogP contribution is 2.33. The Hall–Kier alpha value is -1.20. The maximum Gasteiger partial charge on any atom is 0.410 e. The van der Waals surface area contributed by atoms with E-state index in [1.54, 1.807) is 17.3 Å². The average Bonchev–Trinajstić information content (AvgIpc) is 2.62. The molecule has 1 saturated heterocycles. The molecule has 0 bridgehead atoms. The van der Waals surface area contributed by atoms with Gasteiger partial charge in [0.1, 0.15) is 5.60 Å². The SMILES string of the molecule is CC(C)(C)OC(=O)N1CCCN(c2c(Cl)cncc2Cl)CC1. The van der Waals surface area contributed by atoms with Crippen molar-refractivity contribution >= 4 is 35.0 Å². The summed E-state index contributed by atoms with van der Waals surface area (Å²) in [4.78, 5) is 20.0. The Morgan fingerprint density at radius 3 is 2.36 bits per heavy atom. The predicted molar refractivity (Wildman–Crippen MR) is 88.9 cm³/mol. The first-order valence-corrected chi connectivity index (χ1v) is 8.05. The molecule has 7 heteroatoms. The van der Waals surface area contributed by atoms with Gasteiger partial charge in [0.2, 0.25) is 0 Å². The average molecular weight is 346 g/mol. The van der Waals surface area contributed by atoms with E-state index in [1.165, 1.54) is 0 Å². The number of halogens is 2. The quantitative estimate of drug-likeness (QED) is 0.775. The van der Waals surface area contributed by atoms with Gasteiger partial charge in [-0.1, -0.05) is 23.2 Å². The van der Waals surface area contributed by atoms with Gasteiger partial charge in [0.15, 0.2) is 0 Å². The first-order chi connectivity index (χ1) is 10.3. The summed E-state index contributed by atoms with van der Waals surface area (Å²) in [5.41, 5.74) is 0.296. The van der Waals surface area contributed by atoms with Crippen molar-refractivity contribution in [3.05, 3.63) is 22.4 Å². The fourth-order valence-electron chi connectivity index (χ4n) is 2.36. The Balaban J connectivity index is 2.05. The van der Waals surface area contributed by atoms with Gasteiger partial charge in [-0.3, -0.25) is 4.98 Å². The van der Waals surface area contributed by atoms with E-state index in [0.29, 0.717) is 29.7 Å². The molecule has 1 aromatic heterocycles. The van der Waals surface area contributed by atoms with Gasteiger partial charge < -0.3 is 14.5 Å². The molecular formula is C15H21Cl2N3O2. The number of hydrogen-bond acceptors (Lipinski definition) is 4. The molecule has 22 heavy (non-hydrogen) atoms. The van der Waals surface area contributed by atoms with Crippen LogP contribution in [0.1, 0.15) is 27.2 Å². The summed E-state index contributed by atoms with van der Waals surface area (Å²) in [6.07, 6.45) is 3.72. The third kappa shape index (κ3) is 4.40. The molecule has 0 unspecified atom stereocenters. The van der Waals surface area contributed by atoms with Gasteiger partial charge in [-0.15, -0.1) is 0 Å². The number of aromatic nitrogens is 1. The van der Waals surface area contributed by atoms with E-state index >= 15 is 0 Å². The fraction of sp³-hybridized carbons (Fsp3) is 0.600. The van der Waals surface area contributed by atoms with Crippen molar-refractivity contribution < 1.29 is 9.53 Å². The first kappa shape index (κ1) is 17.2. The number of rotatable bonds is 1. The lowest BCUT2D eigenvalue weighted by molar-refractivity contribution is 0.0263. The van der Waals surface area contributed by atoms with E-state index < -0.39 is 5.60 Å². The molecule has 0 aromatic carbocycles. The van der Waals surface area contributed by atoms with Gasteiger partial charge in [-0.2, -0.15) is 0 Å². The van der Waals surface area contributed by atoms with Gasteiger partial charge in [-0.05, 0) is 27.2 Å². The van der Waals surface area contributed by atoms with Crippen molar-refractivity contribution in [3.63, 3.8) is 0 Å². The Labute approximate surface area is 141 Å². The van der Waals surface area contributed by atoms with E-state index in [9.17, 15) is 4.79 Å². The van der Waals surface area contributed by atoms with Crippen molar-refractivity contribution in [3.8, 4) is 0 Å². The van der Waals surface area contributed by atoms with Crippen molar-refractivity contribution in [2.75, 3.05) is 31.1 Å². The van der Waals surface area contributed by atoms with Crippen LogP contribution in [0.5, 0.6) is 0 Å². The molecule has 1 aliphatic heterocycles. The zero-order valence-corrected chi connectivity index (χ0v) is 14.6. The molecule has 0 radical (unpaired) electrons. The summed E-state index contributed by atoms with van der Waals surface area (Å²) in [6, 6.07) is 0. The summed E-state index contributed by atoms with van der Waals surface area (Å²) in [5.74, 6) is 0. The number of ether oxygens (including phenoxy) is 1. The number of pyridine rings is 1. The zero-order valence-electron chi connectivity index (χ0n) is 13.1. The molecule has 1 fully saturated rings. The van der Waals surface area contributed by atoms with E-state index in [-0.39, 0.29) is 6.09 Å². The highest BCUT2D eigenvalue weighted by molar-refractivity contribution is 6.38. The lowest BCUT2D eigenvalue weighted by atomic mass is 10.2. The van der Waals surface area contributed by atoms with Gasteiger partial charge in [-0.25, -0.2) is 4.79 Å². The van der Waals surface area contributed by atoms with E-state index in [1.807, 2.05) is 20.8 Å². The van der Waals surface area contributed by atoms with Gasteiger partial charge in [0, 0.05) is 38.6 Å². The molecule has 0 N–H and O–H groups in total. The van der Waals surface area contributed by atoms with Crippen LogP contribution in [0.25, 0.3) is 0 Å². The van der Waals surface area contributed by atoms with Crippen molar-refractivity contribution in [1.29, 1.82) is 0 Å². The highest BCUT2D eigenvalue weighted by Gasteiger charge is 2.25. The van der Waals surface area contributed by atoms with Crippen LogP contribution in [0.4, 0.5) is 10.5 Å². The molecule has 1 aliphatic rings. The number of nitrogens with zero attached hydrogens (tertiary/aromatic N) is 3. The molecule has 1 amide bonds. The molecule has 0 saturated carbocycles. The molecule has 5 nitrogen and oxygen atoms in total. The number of carbonyl (C=O) groups excluding carboxylic acids is 1. The summed E-state index contributed by atoms with van der Waals surface area (Å²) >= 11 is 12.4. The third-order valence-electron chi connectivity index (χ3n) is 3.29. The van der Waals surface area contributed by atoms with Gasteiger partial charge in [0.25, 0.3) is 0 Å². The minimum Gasteiger partial charge on any atom is -0.444 e.